The molecule has 0 bridgehead atoms. The van der Waals surface area contributed by atoms with Crippen molar-refractivity contribution in [1.29, 1.82) is 0 Å². The molecule has 2 N–H and O–H groups in total. The van der Waals surface area contributed by atoms with Crippen molar-refractivity contribution in [2.24, 2.45) is 5.92 Å². The number of carbonyl (C=O) groups excluding carboxylic acids is 2. The zero-order chi connectivity index (χ0) is 17.5. The first-order valence-electron chi connectivity index (χ1n) is 7.53. The molecular formula is C18H19IN2O3. The first-order valence-corrected chi connectivity index (χ1v) is 8.61. The molecule has 0 aliphatic heterocycles. The molecule has 0 saturated heterocycles. The monoisotopic (exact) mass is 438 g/mol. The average Bonchev–Trinajstić information content (AvgIpc) is 2.54. The number of halogens is 1. The maximum absolute atomic E-state index is 12.0. The molecule has 126 valence electrons. The maximum atomic E-state index is 12.0. The van der Waals surface area contributed by atoms with E-state index >= 15 is 0 Å². The minimum atomic E-state index is -0.263. The van der Waals surface area contributed by atoms with E-state index in [4.69, 9.17) is 4.74 Å². The smallest absolute Gasteiger partial charge is 0.262 e. The molecule has 0 atom stereocenters. The highest BCUT2D eigenvalue weighted by molar-refractivity contribution is 14.1. The summed E-state index contributed by atoms with van der Waals surface area (Å²) in [6.45, 7) is 3.56. The molecule has 0 saturated carbocycles. The van der Waals surface area contributed by atoms with Crippen LogP contribution in [0.3, 0.4) is 0 Å². The molecular weight excluding hydrogens is 419 g/mol. The van der Waals surface area contributed by atoms with Crippen LogP contribution in [0.2, 0.25) is 0 Å². The van der Waals surface area contributed by atoms with Crippen molar-refractivity contribution in [2.45, 2.75) is 13.8 Å². The van der Waals surface area contributed by atoms with Gasteiger partial charge in [0.05, 0.1) is 0 Å². The number of hydrogen-bond acceptors (Lipinski definition) is 3. The van der Waals surface area contributed by atoms with E-state index in [9.17, 15) is 9.59 Å². The number of nitrogens with one attached hydrogen (secondary N) is 2. The van der Waals surface area contributed by atoms with E-state index < -0.39 is 0 Å². The van der Waals surface area contributed by atoms with Crippen molar-refractivity contribution in [1.82, 2.24) is 0 Å². The van der Waals surface area contributed by atoms with Gasteiger partial charge in [0, 0.05) is 20.9 Å². The zero-order valence-electron chi connectivity index (χ0n) is 13.5. The molecule has 6 heteroatoms. The van der Waals surface area contributed by atoms with E-state index in [1.54, 1.807) is 24.3 Å². The van der Waals surface area contributed by atoms with Gasteiger partial charge in [-0.25, -0.2) is 0 Å². The summed E-state index contributed by atoms with van der Waals surface area (Å²) >= 11 is 2.20. The fourth-order valence-electron chi connectivity index (χ4n) is 1.84. The summed E-state index contributed by atoms with van der Waals surface area (Å²) in [5.41, 5.74) is 1.25. The summed E-state index contributed by atoms with van der Waals surface area (Å²) in [6.07, 6.45) is 0. The second-order valence-electron chi connectivity index (χ2n) is 5.52. The molecule has 0 spiro atoms. The van der Waals surface area contributed by atoms with Crippen molar-refractivity contribution >= 4 is 45.8 Å². The lowest BCUT2D eigenvalue weighted by atomic mass is 10.2. The minimum Gasteiger partial charge on any atom is -0.484 e. The number of rotatable bonds is 6. The molecule has 2 aromatic carbocycles. The molecule has 0 aliphatic carbocycles. The van der Waals surface area contributed by atoms with E-state index in [1.807, 2.05) is 38.1 Å². The van der Waals surface area contributed by atoms with E-state index in [0.717, 1.165) is 3.57 Å². The maximum Gasteiger partial charge on any atom is 0.262 e. The molecule has 0 heterocycles. The van der Waals surface area contributed by atoms with Crippen molar-refractivity contribution in [3.8, 4) is 5.75 Å². The quantitative estimate of drug-likeness (QED) is 0.673. The van der Waals surface area contributed by atoms with Crippen LogP contribution >= 0.6 is 22.6 Å². The molecule has 0 fully saturated rings. The van der Waals surface area contributed by atoms with Crippen molar-refractivity contribution in [3.05, 3.63) is 52.1 Å². The molecule has 5 nitrogen and oxygen atoms in total. The lowest BCUT2D eigenvalue weighted by Crippen LogP contribution is -2.21. The van der Waals surface area contributed by atoms with Crippen LogP contribution in [0.15, 0.2) is 48.5 Å². The fourth-order valence-corrected chi connectivity index (χ4v) is 2.20. The summed E-state index contributed by atoms with van der Waals surface area (Å²) in [7, 11) is 0. The number of carbonyl (C=O) groups is 2. The fraction of sp³-hybridized carbons (Fsp3) is 0.222. The molecule has 2 amide bonds. The van der Waals surface area contributed by atoms with Crippen molar-refractivity contribution in [3.63, 3.8) is 0 Å². The predicted octanol–water partition coefficient (Wildman–Crippen LogP) is 3.90. The van der Waals surface area contributed by atoms with Crippen LogP contribution in [0.4, 0.5) is 11.4 Å². The summed E-state index contributed by atoms with van der Waals surface area (Å²) in [4.78, 5) is 23.7. The van der Waals surface area contributed by atoms with E-state index in [1.165, 1.54) is 0 Å². The lowest BCUT2D eigenvalue weighted by molar-refractivity contribution is -0.119. The Morgan fingerprint density at radius 3 is 2.29 bits per heavy atom. The highest BCUT2D eigenvalue weighted by Crippen LogP contribution is 2.17. The summed E-state index contributed by atoms with van der Waals surface area (Å²) in [5, 5.41) is 5.55. The Morgan fingerprint density at radius 1 is 1.04 bits per heavy atom. The highest BCUT2D eigenvalue weighted by atomic mass is 127. The normalized spacial score (nSPS) is 10.3. The van der Waals surface area contributed by atoms with Gasteiger partial charge in [0.25, 0.3) is 5.91 Å². The molecule has 24 heavy (non-hydrogen) atoms. The molecule has 2 rings (SSSR count). The standard InChI is InChI=1S/C18H19IN2O3/c1-12(2)18(23)21-15-5-3-4-14(10-15)20-17(22)11-24-16-8-6-13(19)7-9-16/h3-10,12H,11H2,1-2H3,(H,20,22)(H,21,23). The molecule has 0 radical (unpaired) electrons. The topological polar surface area (TPSA) is 67.4 Å². The molecule has 0 unspecified atom stereocenters. The van der Waals surface area contributed by atoms with Gasteiger partial charge in [0.1, 0.15) is 5.75 Å². The second-order valence-corrected chi connectivity index (χ2v) is 6.76. The predicted molar refractivity (Wildman–Crippen MR) is 103 cm³/mol. The molecule has 0 aromatic heterocycles. The van der Waals surface area contributed by atoms with Gasteiger partial charge < -0.3 is 15.4 Å². The van der Waals surface area contributed by atoms with E-state index in [2.05, 4.69) is 33.2 Å². The molecule has 2 aromatic rings. The van der Waals surface area contributed by atoms with Crippen LogP contribution in [0.5, 0.6) is 5.75 Å². The zero-order valence-corrected chi connectivity index (χ0v) is 15.7. The number of anilines is 2. The first-order chi connectivity index (χ1) is 11.4. The first kappa shape index (κ1) is 18.3. The van der Waals surface area contributed by atoms with Gasteiger partial charge in [0.2, 0.25) is 5.91 Å². The Bertz CT molecular complexity index is 714. The largest absolute Gasteiger partial charge is 0.484 e. The Kier molecular flexibility index (Phi) is 6.60. The summed E-state index contributed by atoms with van der Waals surface area (Å²) < 4.78 is 6.54. The van der Waals surface area contributed by atoms with Gasteiger partial charge >= 0.3 is 0 Å². The van der Waals surface area contributed by atoms with Gasteiger partial charge in [-0.15, -0.1) is 0 Å². The van der Waals surface area contributed by atoms with Gasteiger partial charge in [-0.05, 0) is 65.1 Å². The van der Waals surface area contributed by atoms with Gasteiger partial charge in [-0.3, -0.25) is 9.59 Å². The van der Waals surface area contributed by atoms with E-state index in [-0.39, 0.29) is 24.3 Å². The second kappa shape index (κ2) is 8.68. The highest BCUT2D eigenvalue weighted by Gasteiger charge is 2.08. The number of benzene rings is 2. The SMILES string of the molecule is CC(C)C(=O)Nc1cccc(NC(=O)COc2ccc(I)cc2)c1. The Morgan fingerprint density at radius 2 is 1.67 bits per heavy atom. The van der Waals surface area contributed by atoms with Crippen molar-refractivity contribution < 1.29 is 14.3 Å². The van der Waals surface area contributed by atoms with Gasteiger partial charge in [0.15, 0.2) is 6.61 Å². The van der Waals surface area contributed by atoms with E-state index in [0.29, 0.717) is 17.1 Å². The van der Waals surface area contributed by atoms with Crippen LogP contribution < -0.4 is 15.4 Å². The van der Waals surface area contributed by atoms with Crippen LogP contribution in [0.25, 0.3) is 0 Å². The number of ether oxygens (including phenoxy) is 1. The third-order valence-electron chi connectivity index (χ3n) is 3.12. The van der Waals surface area contributed by atoms with Crippen LogP contribution in [-0.4, -0.2) is 18.4 Å². The lowest BCUT2D eigenvalue weighted by Gasteiger charge is -2.11. The Hall–Kier alpha value is -2.09. The average molecular weight is 438 g/mol. The summed E-state index contributed by atoms with van der Waals surface area (Å²) in [6, 6.07) is 14.5. The number of amides is 2. The Labute approximate surface area is 154 Å². The minimum absolute atomic E-state index is 0.0690. The third kappa shape index (κ3) is 5.84. The van der Waals surface area contributed by atoms with Crippen LogP contribution in [0.1, 0.15) is 13.8 Å². The van der Waals surface area contributed by atoms with Crippen LogP contribution in [-0.2, 0) is 9.59 Å². The van der Waals surface area contributed by atoms with Gasteiger partial charge in [-0.2, -0.15) is 0 Å². The van der Waals surface area contributed by atoms with Gasteiger partial charge in [-0.1, -0.05) is 19.9 Å². The Balaban J connectivity index is 1.89. The number of hydrogen-bond donors (Lipinski definition) is 2. The molecule has 0 aliphatic rings. The van der Waals surface area contributed by atoms with Crippen LogP contribution in [0, 0.1) is 9.49 Å². The van der Waals surface area contributed by atoms with Crippen molar-refractivity contribution in [2.75, 3.05) is 17.2 Å². The third-order valence-corrected chi connectivity index (χ3v) is 3.84. The summed E-state index contributed by atoms with van der Waals surface area (Å²) in [5.74, 6) is 0.204.